The van der Waals surface area contributed by atoms with E-state index in [1.54, 1.807) is 0 Å². The number of para-hydroxylation sites is 1. The predicted molar refractivity (Wildman–Crippen MR) is 70.6 cm³/mol. The Bertz CT molecular complexity index is 528. The van der Waals surface area contributed by atoms with Crippen molar-refractivity contribution in [1.29, 1.82) is 0 Å². The van der Waals surface area contributed by atoms with Crippen molar-refractivity contribution in [2.45, 2.75) is 39.2 Å². The smallest absolute Gasteiger partial charge is 0.231 e. The quantitative estimate of drug-likeness (QED) is 0.758. The van der Waals surface area contributed by atoms with E-state index in [9.17, 15) is 0 Å². The Morgan fingerprint density at radius 3 is 2.83 bits per heavy atom. The number of hydrogen-bond acceptors (Lipinski definition) is 1. The molecule has 0 saturated heterocycles. The van der Waals surface area contributed by atoms with E-state index in [1.807, 2.05) is 10.7 Å². The van der Waals surface area contributed by atoms with Gasteiger partial charge < -0.3 is 0 Å². The summed E-state index contributed by atoms with van der Waals surface area (Å²) in [6.07, 6.45) is 5.76. The van der Waals surface area contributed by atoms with E-state index in [0.29, 0.717) is 6.04 Å². The summed E-state index contributed by atoms with van der Waals surface area (Å²) in [5.41, 5.74) is 1.14. The molecule has 1 aliphatic heterocycles. The summed E-state index contributed by atoms with van der Waals surface area (Å²) < 4.78 is 4.37. The van der Waals surface area contributed by atoms with Crippen LogP contribution < -0.4 is 4.57 Å². The van der Waals surface area contributed by atoms with Crippen LogP contribution in [-0.2, 0) is 6.42 Å². The minimum atomic E-state index is 0.637. The highest BCUT2D eigenvalue weighted by atomic mass is 15.4. The van der Waals surface area contributed by atoms with Gasteiger partial charge in [-0.1, -0.05) is 36.7 Å². The van der Waals surface area contributed by atoms with E-state index < -0.39 is 0 Å². The van der Waals surface area contributed by atoms with Crippen LogP contribution in [0.1, 0.15) is 38.6 Å². The van der Waals surface area contributed by atoms with Gasteiger partial charge in [-0.25, -0.2) is 4.57 Å². The van der Waals surface area contributed by atoms with Gasteiger partial charge in [0.1, 0.15) is 5.69 Å². The highest BCUT2D eigenvalue weighted by molar-refractivity contribution is 5.28. The third-order valence-electron chi connectivity index (χ3n) is 3.61. The van der Waals surface area contributed by atoms with Crippen molar-refractivity contribution < 1.29 is 4.57 Å². The van der Waals surface area contributed by atoms with Crippen LogP contribution in [0.2, 0.25) is 0 Å². The van der Waals surface area contributed by atoms with Gasteiger partial charge in [0.25, 0.3) is 5.82 Å². The van der Waals surface area contributed by atoms with Gasteiger partial charge in [0.2, 0.25) is 6.33 Å². The molecule has 0 bridgehead atoms. The molecule has 0 amide bonds. The normalized spacial score (nSPS) is 18.3. The molecule has 0 aliphatic carbocycles. The molecule has 3 nitrogen and oxygen atoms in total. The highest BCUT2D eigenvalue weighted by Gasteiger charge is 2.31. The Hall–Kier alpha value is -1.64. The number of rotatable bonds is 3. The molecule has 3 rings (SSSR count). The summed E-state index contributed by atoms with van der Waals surface area (Å²) >= 11 is 0. The van der Waals surface area contributed by atoms with Crippen LogP contribution in [-0.4, -0.2) is 9.78 Å². The SMILES string of the molecule is CC(C)CC1CCc2nn(-c3ccccc3)c[n+]21. The summed E-state index contributed by atoms with van der Waals surface area (Å²) in [5.74, 6) is 1.97. The summed E-state index contributed by atoms with van der Waals surface area (Å²) in [5, 5.41) is 4.70. The maximum atomic E-state index is 4.70. The average molecular weight is 242 g/mol. The lowest BCUT2D eigenvalue weighted by Gasteiger charge is -2.10. The summed E-state index contributed by atoms with van der Waals surface area (Å²) in [6, 6.07) is 11.0. The van der Waals surface area contributed by atoms with E-state index in [4.69, 9.17) is 5.10 Å². The molecule has 0 spiro atoms. The summed E-state index contributed by atoms with van der Waals surface area (Å²) in [7, 11) is 0. The molecular weight excluding hydrogens is 222 g/mol. The van der Waals surface area contributed by atoms with Gasteiger partial charge in [0, 0.05) is 11.5 Å². The summed E-state index contributed by atoms with van der Waals surface area (Å²) in [4.78, 5) is 0. The van der Waals surface area contributed by atoms with Crippen molar-refractivity contribution in [3.05, 3.63) is 42.5 Å². The first-order valence-corrected chi connectivity index (χ1v) is 6.79. The molecule has 0 fully saturated rings. The zero-order chi connectivity index (χ0) is 12.5. The van der Waals surface area contributed by atoms with E-state index >= 15 is 0 Å². The molecule has 0 radical (unpaired) electrons. The van der Waals surface area contributed by atoms with E-state index in [2.05, 4.69) is 49.0 Å². The van der Waals surface area contributed by atoms with Crippen molar-refractivity contribution in [2.24, 2.45) is 5.92 Å². The Kier molecular flexibility index (Phi) is 2.90. The molecule has 3 heteroatoms. The zero-order valence-corrected chi connectivity index (χ0v) is 11.1. The molecule has 0 N–H and O–H groups in total. The first-order valence-electron chi connectivity index (χ1n) is 6.79. The minimum Gasteiger partial charge on any atom is -0.231 e. The molecule has 2 heterocycles. The van der Waals surface area contributed by atoms with Gasteiger partial charge in [-0.2, -0.15) is 0 Å². The fraction of sp³-hybridized carbons (Fsp3) is 0.467. The molecule has 1 unspecified atom stereocenters. The molecule has 18 heavy (non-hydrogen) atoms. The van der Waals surface area contributed by atoms with Gasteiger partial charge in [0.05, 0.1) is 6.04 Å². The average Bonchev–Trinajstić information content (AvgIpc) is 2.92. The Labute approximate surface area is 108 Å². The Morgan fingerprint density at radius 2 is 2.11 bits per heavy atom. The van der Waals surface area contributed by atoms with Crippen molar-refractivity contribution in [2.75, 3.05) is 0 Å². The first-order chi connectivity index (χ1) is 8.74. The first kappa shape index (κ1) is 11.5. The van der Waals surface area contributed by atoms with Crippen LogP contribution >= 0.6 is 0 Å². The monoisotopic (exact) mass is 242 g/mol. The molecule has 1 aromatic heterocycles. The minimum absolute atomic E-state index is 0.637. The van der Waals surface area contributed by atoms with Crippen molar-refractivity contribution >= 4 is 0 Å². The lowest BCUT2D eigenvalue weighted by atomic mass is 10.0. The molecule has 0 saturated carbocycles. The third kappa shape index (κ3) is 2.05. The molecule has 1 atom stereocenters. The van der Waals surface area contributed by atoms with Crippen LogP contribution in [0.25, 0.3) is 5.69 Å². The fourth-order valence-corrected chi connectivity index (χ4v) is 2.79. The van der Waals surface area contributed by atoms with Gasteiger partial charge in [-0.15, -0.1) is 0 Å². The number of benzene rings is 1. The lowest BCUT2D eigenvalue weighted by Crippen LogP contribution is -2.36. The third-order valence-corrected chi connectivity index (χ3v) is 3.61. The topological polar surface area (TPSA) is 21.7 Å². The maximum absolute atomic E-state index is 4.70. The van der Waals surface area contributed by atoms with Crippen LogP contribution in [0.15, 0.2) is 36.7 Å². The molecule has 1 aromatic carbocycles. The number of fused-ring (bicyclic) bond motifs is 1. The molecule has 94 valence electrons. The van der Waals surface area contributed by atoms with Gasteiger partial charge in [-0.3, -0.25) is 0 Å². The predicted octanol–water partition coefficient (Wildman–Crippen LogP) is 2.69. The molecule has 1 aliphatic rings. The van der Waals surface area contributed by atoms with E-state index in [-0.39, 0.29) is 0 Å². The molecular formula is C15H20N3+. The largest absolute Gasteiger partial charge is 0.278 e. The highest BCUT2D eigenvalue weighted by Crippen LogP contribution is 2.23. The van der Waals surface area contributed by atoms with Crippen LogP contribution in [0.4, 0.5) is 0 Å². The van der Waals surface area contributed by atoms with Gasteiger partial charge >= 0.3 is 0 Å². The Morgan fingerprint density at radius 1 is 1.33 bits per heavy atom. The maximum Gasteiger partial charge on any atom is 0.278 e. The summed E-state index contributed by atoms with van der Waals surface area (Å²) in [6.45, 7) is 4.58. The number of nitrogens with zero attached hydrogens (tertiary/aromatic N) is 3. The number of hydrogen-bond donors (Lipinski definition) is 0. The Balaban J connectivity index is 1.90. The second-order valence-electron chi connectivity index (χ2n) is 5.54. The van der Waals surface area contributed by atoms with Crippen LogP contribution in [0.3, 0.4) is 0 Å². The number of aryl methyl sites for hydroxylation is 1. The second-order valence-corrected chi connectivity index (χ2v) is 5.54. The second kappa shape index (κ2) is 4.56. The van der Waals surface area contributed by atoms with Crippen molar-refractivity contribution in [1.82, 2.24) is 9.78 Å². The van der Waals surface area contributed by atoms with E-state index in [1.165, 1.54) is 18.7 Å². The van der Waals surface area contributed by atoms with Gasteiger partial charge in [-0.05, 0) is 30.9 Å². The van der Waals surface area contributed by atoms with Crippen LogP contribution in [0, 0.1) is 5.92 Å². The lowest BCUT2D eigenvalue weighted by molar-refractivity contribution is -0.718. The molecule has 2 aromatic rings. The number of aromatic nitrogens is 3. The standard InChI is InChI=1S/C15H20N3/c1-12(2)10-14-8-9-15-16-18(11-17(14)15)13-6-4-3-5-7-13/h3-7,11-12,14H,8-10H2,1-2H3/q+1. The fourth-order valence-electron chi connectivity index (χ4n) is 2.79. The van der Waals surface area contributed by atoms with Crippen LogP contribution in [0.5, 0.6) is 0 Å². The van der Waals surface area contributed by atoms with E-state index in [0.717, 1.165) is 18.0 Å². The van der Waals surface area contributed by atoms with Crippen molar-refractivity contribution in [3.8, 4) is 5.69 Å². The van der Waals surface area contributed by atoms with Gasteiger partial charge in [0.15, 0.2) is 0 Å². The zero-order valence-electron chi connectivity index (χ0n) is 11.1. The van der Waals surface area contributed by atoms with Crippen molar-refractivity contribution in [3.63, 3.8) is 0 Å².